The van der Waals surface area contributed by atoms with Crippen molar-refractivity contribution in [1.29, 1.82) is 0 Å². The van der Waals surface area contributed by atoms with Crippen LogP contribution in [0.25, 0.3) is 6.08 Å². The highest BCUT2D eigenvalue weighted by molar-refractivity contribution is 5.87. The largest absolute Gasteiger partial charge is 0.456 e. The number of benzene rings is 1. The molecule has 0 saturated carbocycles. The van der Waals surface area contributed by atoms with Gasteiger partial charge in [-0.05, 0) is 50.7 Å². The lowest BCUT2D eigenvalue weighted by atomic mass is 9.78. The third-order valence-corrected chi connectivity index (χ3v) is 5.96. The van der Waals surface area contributed by atoms with Crippen LogP contribution in [-0.2, 0) is 14.3 Å². The zero-order valence-corrected chi connectivity index (χ0v) is 17.3. The van der Waals surface area contributed by atoms with Gasteiger partial charge in [-0.25, -0.2) is 4.79 Å². The summed E-state index contributed by atoms with van der Waals surface area (Å²) < 4.78 is 11.9. The number of esters is 1. The number of hydrogen-bond acceptors (Lipinski definition) is 4. The summed E-state index contributed by atoms with van der Waals surface area (Å²) in [6.45, 7) is 8.27. The maximum atomic E-state index is 12.6. The molecule has 1 aliphatic heterocycles. The van der Waals surface area contributed by atoms with Crippen molar-refractivity contribution in [3.8, 4) is 0 Å². The van der Waals surface area contributed by atoms with Crippen LogP contribution in [0.2, 0.25) is 0 Å². The molecule has 0 unspecified atom stereocenters. The SMILES string of the molecule is CC1=CCC[C@]2(C)O[C@@H]2[C@@H](OC(=O)C=Cc2ccccc2)[C@H](C(C)C)[C@H](O)C1. The Bertz CT molecular complexity index is 736. The number of fused-ring (bicyclic) bond motifs is 1. The Morgan fingerprint density at radius 3 is 2.71 bits per heavy atom. The number of aliphatic hydroxyl groups is 1. The molecule has 0 amide bonds. The van der Waals surface area contributed by atoms with Gasteiger partial charge in [0.15, 0.2) is 0 Å². The second-order valence-corrected chi connectivity index (χ2v) is 8.68. The first kappa shape index (κ1) is 20.8. The smallest absolute Gasteiger partial charge is 0.331 e. The maximum Gasteiger partial charge on any atom is 0.331 e. The minimum Gasteiger partial charge on any atom is -0.456 e. The van der Waals surface area contributed by atoms with Crippen molar-refractivity contribution >= 4 is 12.0 Å². The van der Waals surface area contributed by atoms with E-state index in [-0.39, 0.29) is 23.5 Å². The van der Waals surface area contributed by atoms with Gasteiger partial charge < -0.3 is 14.6 Å². The first-order valence-electron chi connectivity index (χ1n) is 10.3. The summed E-state index contributed by atoms with van der Waals surface area (Å²) in [5.41, 5.74) is 1.82. The summed E-state index contributed by atoms with van der Waals surface area (Å²) in [7, 11) is 0. The predicted octanol–water partition coefficient (Wildman–Crippen LogP) is 4.53. The molecule has 0 radical (unpaired) electrons. The van der Waals surface area contributed by atoms with Gasteiger partial charge in [-0.3, -0.25) is 0 Å². The molecule has 1 fully saturated rings. The molecule has 1 aromatic rings. The van der Waals surface area contributed by atoms with E-state index in [2.05, 4.69) is 33.8 Å². The minimum absolute atomic E-state index is 0.159. The van der Waals surface area contributed by atoms with Gasteiger partial charge in [-0.2, -0.15) is 0 Å². The second-order valence-electron chi connectivity index (χ2n) is 8.68. The lowest BCUT2D eigenvalue weighted by Gasteiger charge is -2.34. The number of allylic oxidation sites excluding steroid dienone is 1. The van der Waals surface area contributed by atoms with Crippen molar-refractivity contribution in [2.24, 2.45) is 11.8 Å². The Labute approximate surface area is 168 Å². The van der Waals surface area contributed by atoms with Gasteiger partial charge in [0.1, 0.15) is 12.2 Å². The van der Waals surface area contributed by atoms with E-state index >= 15 is 0 Å². The van der Waals surface area contributed by atoms with Crippen molar-refractivity contribution in [2.75, 3.05) is 0 Å². The van der Waals surface area contributed by atoms with E-state index in [1.54, 1.807) is 6.08 Å². The third kappa shape index (κ3) is 4.92. The number of hydrogen-bond donors (Lipinski definition) is 1. The molecule has 28 heavy (non-hydrogen) atoms. The number of aliphatic hydroxyl groups excluding tert-OH is 1. The van der Waals surface area contributed by atoms with Gasteiger partial charge in [0, 0.05) is 12.0 Å². The van der Waals surface area contributed by atoms with Crippen molar-refractivity contribution in [1.82, 2.24) is 0 Å². The monoisotopic (exact) mass is 384 g/mol. The fourth-order valence-corrected chi connectivity index (χ4v) is 4.31. The summed E-state index contributed by atoms with van der Waals surface area (Å²) in [6, 6.07) is 9.66. The van der Waals surface area contributed by atoms with Crippen LogP contribution in [0.15, 0.2) is 48.1 Å². The fourth-order valence-electron chi connectivity index (χ4n) is 4.31. The average Bonchev–Trinajstić information content (AvgIpc) is 3.30. The number of carbonyl (C=O) groups excluding carboxylic acids is 1. The van der Waals surface area contributed by atoms with Crippen molar-refractivity contribution in [3.05, 3.63) is 53.6 Å². The number of rotatable bonds is 4. The molecule has 5 atom stereocenters. The Morgan fingerprint density at radius 2 is 2.04 bits per heavy atom. The molecule has 1 aliphatic carbocycles. The lowest BCUT2D eigenvalue weighted by Crippen LogP contribution is -2.43. The Hall–Kier alpha value is -1.91. The molecule has 0 aromatic heterocycles. The predicted molar refractivity (Wildman–Crippen MR) is 111 cm³/mol. The van der Waals surface area contributed by atoms with Crippen LogP contribution in [0.5, 0.6) is 0 Å². The second kappa shape index (κ2) is 8.62. The molecule has 4 heteroatoms. The van der Waals surface area contributed by atoms with Crippen LogP contribution in [-0.4, -0.2) is 35.0 Å². The molecule has 2 aliphatic rings. The van der Waals surface area contributed by atoms with Crippen molar-refractivity contribution in [3.63, 3.8) is 0 Å². The number of epoxide rings is 1. The van der Waals surface area contributed by atoms with Gasteiger partial charge in [0.25, 0.3) is 0 Å². The Balaban J connectivity index is 1.81. The molecule has 152 valence electrons. The average molecular weight is 385 g/mol. The van der Waals surface area contributed by atoms with Crippen LogP contribution in [0.3, 0.4) is 0 Å². The van der Waals surface area contributed by atoms with Crippen LogP contribution in [0.1, 0.15) is 52.5 Å². The summed E-state index contributed by atoms with van der Waals surface area (Å²) in [4.78, 5) is 12.6. The number of carbonyl (C=O) groups is 1. The van der Waals surface area contributed by atoms with Crippen LogP contribution in [0.4, 0.5) is 0 Å². The van der Waals surface area contributed by atoms with Crippen molar-refractivity contribution < 1.29 is 19.4 Å². The molecule has 4 nitrogen and oxygen atoms in total. The molecular weight excluding hydrogens is 352 g/mol. The van der Waals surface area contributed by atoms with E-state index in [0.717, 1.165) is 18.4 Å². The van der Waals surface area contributed by atoms with E-state index in [1.165, 1.54) is 11.6 Å². The molecule has 1 saturated heterocycles. The normalized spacial score (nSPS) is 33.3. The van der Waals surface area contributed by atoms with Crippen molar-refractivity contribution in [2.45, 2.75) is 70.9 Å². The van der Waals surface area contributed by atoms with E-state index in [1.807, 2.05) is 30.3 Å². The minimum atomic E-state index is -0.571. The number of ether oxygens (including phenoxy) is 2. The summed E-state index contributed by atoms with van der Waals surface area (Å²) in [5, 5.41) is 10.9. The zero-order valence-electron chi connectivity index (χ0n) is 17.3. The molecule has 3 rings (SSSR count). The molecule has 0 bridgehead atoms. The molecule has 0 spiro atoms. The van der Waals surface area contributed by atoms with Gasteiger partial charge in [0.05, 0.1) is 11.7 Å². The zero-order chi connectivity index (χ0) is 20.3. The maximum absolute atomic E-state index is 12.6. The first-order valence-corrected chi connectivity index (χ1v) is 10.3. The molecular formula is C24H32O4. The summed E-state index contributed by atoms with van der Waals surface area (Å²) in [6.07, 6.45) is 6.61. The van der Waals surface area contributed by atoms with Gasteiger partial charge in [-0.1, -0.05) is 55.8 Å². The van der Waals surface area contributed by atoms with E-state index < -0.39 is 18.2 Å². The fraction of sp³-hybridized carbons (Fsp3) is 0.542. The Morgan fingerprint density at radius 1 is 1.32 bits per heavy atom. The topological polar surface area (TPSA) is 59.1 Å². The highest BCUT2D eigenvalue weighted by Crippen LogP contribution is 2.47. The molecule has 1 aromatic carbocycles. The molecule has 1 N–H and O–H groups in total. The standard InChI is InChI=1S/C24H32O4/c1-16(2)21-19(25)15-17(3)9-8-14-24(4)23(28-24)22(21)27-20(26)13-12-18-10-6-5-7-11-18/h5-7,9-13,16,19,21-23,25H,8,14-15H2,1-4H3/t19-,21-,22+,23-,24+/m1/s1. The summed E-state index contributed by atoms with van der Waals surface area (Å²) >= 11 is 0. The van der Waals surface area contributed by atoms with Crippen LogP contribution in [0, 0.1) is 11.8 Å². The lowest BCUT2D eigenvalue weighted by molar-refractivity contribution is -0.151. The molecule has 1 heterocycles. The highest BCUT2D eigenvalue weighted by Gasteiger charge is 2.60. The van der Waals surface area contributed by atoms with E-state index in [9.17, 15) is 9.90 Å². The first-order chi connectivity index (χ1) is 13.3. The quantitative estimate of drug-likeness (QED) is 0.359. The van der Waals surface area contributed by atoms with E-state index in [4.69, 9.17) is 9.47 Å². The van der Waals surface area contributed by atoms with Gasteiger partial charge in [0.2, 0.25) is 0 Å². The van der Waals surface area contributed by atoms with E-state index in [0.29, 0.717) is 6.42 Å². The van der Waals surface area contributed by atoms with Crippen LogP contribution < -0.4 is 0 Å². The van der Waals surface area contributed by atoms with Gasteiger partial charge in [-0.15, -0.1) is 0 Å². The summed E-state index contributed by atoms with van der Waals surface area (Å²) in [5.74, 6) is -0.414. The third-order valence-electron chi connectivity index (χ3n) is 5.96. The highest BCUT2D eigenvalue weighted by atomic mass is 16.6. The van der Waals surface area contributed by atoms with Gasteiger partial charge >= 0.3 is 5.97 Å². The Kier molecular flexibility index (Phi) is 6.41. The van der Waals surface area contributed by atoms with Crippen LogP contribution >= 0.6 is 0 Å².